The van der Waals surface area contributed by atoms with Crippen LogP contribution in [0.4, 0.5) is 10.5 Å². The van der Waals surface area contributed by atoms with E-state index in [1.54, 1.807) is 0 Å². The highest BCUT2D eigenvalue weighted by atomic mass is 16.2. The van der Waals surface area contributed by atoms with Crippen LogP contribution in [0.1, 0.15) is 23.2 Å². The second-order valence-corrected chi connectivity index (χ2v) is 13.3. The molecule has 1 saturated heterocycles. The first-order chi connectivity index (χ1) is 23.9. The van der Waals surface area contributed by atoms with Crippen LogP contribution in [-0.4, -0.2) is 84.0 Å². The molecule has 1 unspecified atom stereocenters. The van der Waals surface area contributed by atoms with Gasteiger partial charge < -0.3 is 20.0 Å². The largest absolute Gasteiger partial charge is 0.367 e. The van der Waals surface area contributed by atoms with Crippen LogP contribution >= 0.6 is 0 Å². The van der Waals surface area contributed by atoms with Crippen molar-refractivity contribution in [3.8, 4) is 11.1 Å². The summed E-state index contributed by atoms with van der Waals surface area (Å²) in [4.78, 5) is 23.9. The molecule has 5 aromatic rings. The van der Waals surface area contributed by atoms with Crippen molar-refractivity contribution in [2.45, 2.75) is 18.9 Å². The number of benzene rings is 3. The standard InChI is InChI=1S/C41H45N7O/c1-31-37(30-48(44-31)41(33-13-7-4-8-14-33,34-15-9-5-10-16-34)35-17-11-6-12-18-35)32-19-20-38-36(29-32)39(21-22-42-38)46-25-27-47(28-26-46)40(49)43-23-24-45(2)3/h4-17,19-22,29-30,35H,18,23-28H2,1-3H3,(H,43,49). The van der Waals surface area contributed by atoms with Gasteiger partial charge in [-0.3, -0.25) is 9.67 Å². The Bertz CT molecular complexity index is 1920. The Morgan fingerprint density at radius 2 is 1.63 bits per heavy atom. The molecule has 0 bridgehead atoms. The van der Waals surface area contributed by atoms with Gasteiger partial charge >= 0.3 is 6.03 Å². The number of nitrogens with one attached hydrogen (secondary N) is 1. The van der Waals surface area contributed by atoms with Crippen LogP contribution in [0.3, 0.4) is 0 Å². The van der Waals surface area contributed by atoms with Gasteiger partial charge in [0.1, 0.15) is 5.54 Å². The molecule has 1 N–H and O–H groups in total. The third-order valence-corrected chi connectivity index (χ3v) is 9.98. The van der Waals surface area contributed by atoms with E-state index < -0.39 is 5.54 Å². The van der Waals surface area contributed by atoms with Crippen LogP contribution in [-0.2, 0) is 5.54 Å². The molecule has 1 atom stereocenters. The van der Waals surface area contributed by atoms with Gasteiger partial charge in [0, 0.05) is 74.2 Å². The van der Waals surface area contributed by atoms with Crippen LogP contribution in [0.15, 0.2) is 122 Å². The van der Waals surface area contributed by atoms with Gasteiger partial charge in [-0.1, -0.05) is 91.0 Å². The first kappa shape index (κ1) is 32.3. The smallest absolute Gasteiger partial charge is 0.317 e. The van der Waals surface area contributed by atoms with Crippen molar-refractivity contribution in [2.24, 2.45) is 5.92 Å². The fourth-order valence-corrected chi connectivity index (χ4v) is 7.45. The Morgan fingerprint density at radius 1 is 0.918 bits per heavy atom. The second kappa shape index (κ2) is 14.1. The number of fused-ring (bicyclic) bond motifs is 1. The number of pyridine rings is 1. The lowest BCUT2D eigenvalue weighted by atomic mass is 9.70. The summed E-state index contributed by atoms with van der Waals surface area (Å²) in [7, 11) is 4.02. The zero-order valence-corrected chi connectivity index (χ0v) is 28.7. The second-order valence-electron chi connectivity index (χ2n) is 13.3. The molecule has 0 spiro atoms. The van der Waals surface area contributed by atoms with E-state index in [0.717, 1.165) is 59.5 Å². The van der Waals surface area contributed by atoms with Gasteiger partial charge in [0.15, 0.2) is 0 Å². The number of nitrogens with zero attached hydrogens (tertiary/aromatic N) is 6. The lowest BCUT2D eigenvalue weighted by Crippen LogP contribution is -2.52. The summed E-state index contributed by atoms with van der Waals surface area (Å²) in [6.45, 7) is 6.46. The number of allylic oxidation sites excluding steroid dienone is 4. The maximum atomic E-state index is 12.8. The van der Waals surface area contributed by atoms with Gasteiger partial charge in [-0.25, -0.2) is 4.79 Å². The topological polar surface area (TPSA) is 69.5 Å². The van der Waals surface area contributed by atoms with E-state index in [0.29, 0.717) is 19.6 Å². The third-order valence-electron chi connectivity index (χ3n) is 9.98. The summed E-state index contributed by atoms with van der Waals surface area (Å²) in [6, 6.07) is 30.3. The van der Waals surface area contributed by atoms with Crippen LogP contribution < -0.4 is 10.2 Å². The zero-order chi connectivity index (χ0) is 33.8. The molecule has 1 aliphatic heterocycles. The molecule has 7 rings (SSSR count). The molecule has 2 amide bonds. The van der Waals surface area contributed by atoms with Crippen molar-refractivity contribution in [1.29, 1.82) is 0 Å². The maximum absolute atomic E-state index is 12.8. The number of anilines is 1. The lowest BCUT2D eigenvalue weighted by Gasteiger charge is -2.41. The average Bonchev–Trinajstić information content (AvgIpc) is 3.54. The molecule has 3 heterocycles. The summed E-state index contributed by atoms with van der Waals surface area (Å²) in [6.07, 6.45) is 13.9. The Kier molecular flexibility index (Phi) is 9.31. The van der Waals surface area contributed by atoms with Gasteiger partial charge in [0.25, 0.3) is 0 Å². The molecule has 8 nitrogen and oxygen atoms in total. The number of carbonyl (C=O) groups is 1. The SMILES string of the molecule is Cc1nn(C(c2ccccc2)(c2ccccc2)C2C=CC=CC2)cc1-c1ccc2nccc(N3CCN(C(=O)NCCN(C)C)CC3)c2c1. The predicted molar refractivity (Wildman–Crippen MR) is 199 cm³/mol. The Labute approximate surface area is 289 Å². The van der Waals surface area contributed by atoms with Gasteiger partial charge in [-0.2, -0.15) is 5.10 Å². The van der Waals surface area contributed by atoms with Crippen LogP contribution in [0.2, 0.25) is 0 Å². The number of piperazine rings is 1. The number of amides is 2. The number of rotatable bonds is 9. The molecule has 1 aliphatic carbocycles. The van der Waals surface area contributed by atoms with Crippen molar-refractivity contribution in [1.82, 2.24) is 29.9 Å². The molecule has 2 aliphatic rings. The van der Waals surface area contributed by atoms with Crippen molar-refractivity contribution in [3.63, 3.8) is 0 Å². The fraction of sp³-hybridized carbons (Fsp3) is 0.293. The van der Waals surface area contributed by atoms with Gasteiger partial charge in [0.2, 0.25) is 0 Å². The number of hydrogen-bond donors (Lipinski definition) is 1. The number of carbonyl (C=O) groups excluding carboxylic acids is 1. The van der Waals surface area contributed by atoms with Crippen molar-refractivity contribution < 1.29 is 4.79 Å². The number of aromatic nitrogens is 3. The monoisotopic (exact) mass is 651 g/mol. The van der Waals surface area contributed by atoms with Gasteiger partial charge in [-0.05, 0) is 62.3 Å². The molecular formula is C41H45N7O. The van der Waals surface area contributed by atoms with Crippen molar-refractivity contribution >= 4 is 22.6 Å². The Balaban J connectivity index is 1.24. The fourth-order valence-electron chi connectivity index (χ4n) is 7.45. The molecule has 250 valence electrons. The van der Waals surface area contributed by atoms with E-state index in [1.165, 1.54) is 11.1 Å². The van der Waals surface area contributed by atoms with E-state index >= 15 is 0 Å². The third kappa shape index (κ3) is 6.36. The molecule has 3 aromatic carbocycles. The van der Waals surface area contributed by atoms with Crippen molar-refractivity contribution in [3.05, 3.63) is 138 Å². The van der Waals surface area contributed by atoms with Gasteiger partial charge in [0.05, 0.1) is 11.2 Å². The summed E-state index contributed by atoms with van der Waals surface area (Å²) < 4.78 is 2.22. The lowest BCUT2D eigenvalue weighted by molar-refractivity contribution is 0.193. The Hall–Kier alpha value is -5.21. The number of likely N-dealkylation sites (N-methyl/N-ethyl adjacent to an activating group) is 1. The summed E-state index contributed by atoms with van der Waals surface area (Å²) in [5.41, 5.74) is 7.15. The summed E-state index contributed by atoms with van der Waals surface area (Å²) in [5.74, 6) is 0.163. The highest BCUT2D eigenvalue weighted by Crippen LogP contribution is 2.45. The molecule has 0 saturated carbocycles. The minimum Gasteiger partial charge on any atom is -0.367 e. The van der Waals surface area contributed by atoms with E-state index in [4.69, 9.17) is 10.1 Å². The Morgan fingerprint density at radius 3 is 2.29 bits per heavy atom. The van der Waals surface area contributed by atoms with Gasteiger partial charge in [-0.15, -0.1) is 0 Å². The zero-order valence-electron chi connectivity index (χ0n) is 28.7. The molecular weight excluding hydrogens is 606 g/mol. The molecule has 0 radical (unpaired) electrons. The highest BCUT2D eigenvalue weighted by molar-refractivity contribution is 5.95. The van der Waals surface area contributed by atoms with E-state index in [2.05, 4.69) is 142 Å². The molecule has 1 fully saturated rings. The number of urea groups is 1. The van der Waals surface area contributed by atoms with Crippen LogP contribution in [0, 0.1) is 12.8 Å². The number of aryl methyl sites for hydroxylation is 1. The average molecular weight is 652 g/mol. The van der Waals surface area contributed by atoms with E-state index in [1.807, 2.05) is 25.2 Å². The van der Waals surface area contributed by atoms with Crippen LogP contribution in [0.5, 0.6) is 0 Å². The molecule has 49 heavy (non-hydrogen) atoms. The number of hydrogen-bond acceptors (Lipinski definition) is 5. The minimum atomic E-state index is -0.547. The first-order valence-electron chi connectivity index (χ1n) is 17.3. The quantitative estimate of drug-likeness (QED) is 0.192. The summed E-state index contributed by atoms with van der Waals surface area (Å²) >= 11 is 0. The van der Waals surface area contributed by atoms with Crippen molar-refractivity contribution in [2.75, 3.05) is 58.3 Å². The van der Waals surface area contributed by atoms with E-state index in [9.17, 15) is 4.79 Å². The molecule has 2 aromatic heterocycles. The van der Waals surface area contributed by atoms with E-state index in [-0.39, 0.29) is 11.9 Å². The molecule has 8 heteroatoms. The summed E-state index contributed by atoms with van der Waals surface area (Å²) in [5, 5.41) is 9.48. The first-order valence-corrected chi connectivity index (χ1v) is 17.3. The highest BCUT2D eigenvalue weighted by Gasteiger charge is 2.44. The van der Waals surface area contributed by atoms with Crippen LogP contribution in [0.25, 0.3) is 22.0 Å². The normalized spacial score (nSPS) is 16.4. The minimum absolute atomic E-state index is 0.0117. The predicted octanol–water partition coefficient (Wildman–Crippen LogP) is 6.72. The maximum Gasteiger partial charge on any atom is 0.317 e.